The summed E-state index contributed by atoms with van der Waals surface area (Å²) in [4.78, 5) is 18.7. The van der Waals surface area contributed by atoms with Crippen molar-refractivity contribution in [1.29, 1.82) is 0 Å². The zero-order valence-electron chi connectivity index (χ0n) is 21.8. The van der Waals surface area contributed by atoms with E-state index in [-0.39, 0.29) is 46.0 Å². The lowest BCUT2D eigenvalue weighted by atomic mass is 9.95. The highest BCUT2D eigenvalue weighted by Gasteiger charge is 2.45. The molecule has 5 aliphatic rings. The number of rotatable bonds is 6. The number of anilines is 1. The minimum absolute atomic E-state index is 0.00392. The van der Waals surface area contributed by atoms with Crippen molar-refractivity contribution in [3.8, 4) is 23.0 Å². The van der Waals surface area contributed by atoms with Gasteiger partial charge in [-0.3, -0.25) is 9.88 Å². The second kappa shape index (κ2) is 8.69. The molecule has 39 heavy (non-hydrogen) atoms. The van der Waals surface area contributed by atoms with E-state index in [1.54, 1.807) is 6.20 Å². The normalized spacial score (nSPS) is 25.6. The fourth-order valence-corrected chi connectivity index (χ4v) is 7.56. The molecule has 1 aromatic carbocycles. The first-order valence-corrected chi connectivity index (χ1v) is 14.3. The maximum atomic E-state index is 16.4. The number of piperazine rings is 1. The molecule has 8 rings (SSSR count). The fourth-order valence-electron chi connectivity index (χ4n) is 7.56. The molecule has 1 saturated carbocycles. The summed E-state index contributed by atoms with van der Waals surface area (Å²) in [5.41, 5.74) is 0.820. The van der Waals surface area contributed by atoms with Gasteiger partial charge in [0.2, 0.25) is 0 Å². The van der Waals surface area contributed by atoms with Gasteiger partial charge in [0, 0.05) is 48.6 Å². The molecule has 2 N–H and O–H groups in total. The Morgan fingerprint density at radius 1 is 1.13 bits per heavy atom. The number of fused-ring (bicyclic) bond motifs is 4. The van der Waals surface area contributed by atoms with E-state index in [9.17, 15) is 9.50 Å². The predicted molar refractivity (Wildman–Crippen MR) is 142 cm³/mol. The zero-order valence-corrected chi connectivity index (χ0v) is 21.8. The van der Waals surface area contributed by atoms with Crippen LogP contribution in [0.2, 0.25) is 0 Å². The van der Waals surface area contributed by atoms with Gasteiger partial charge in [0.25, 0.3) is 0 Å². The van der Waals surface area contributed by atoms with Crippen molar-refractivity contribution in [2.75, 3.05) is 37.7 Å². The Morgan fingerprint density at radius 2 is 1.95 bits per heavy atom. The average molecular weight is 535 g/mol. The van der Waals surface area contributed by atoms with Gasteiger partial charge >= 0.3 is 6.01 Å². The molecule has 8 nitrogen and oxygen atoms in total. The van der Waals surface area contributed by atoms with Gasteiger partial charge in [-0.25, -0.2) is 8.78 Å². The summed E-state index contributed by atoms with van der Waals surface area (Å²) < 4.78 is 37.7. The van der Waals surface area contributed by atoms with Crippen molar-refractivity contribution in [2.45, 2.75) is 68.5 Å². The van der Waals surface area contributed by atoms with E-state index in [1.807, 2.05) is 0 Å². The topological polar surface area (TPSA) is 86.6 Å². The smallest absolute Gasteiger partial charge is 0.319 e. The quantitative estimate of drug-likeness (QED) is 0.489. The molecule has 0 spiro atoms. The van der Waals surface area contributed by atoms with Gasteiger partial charge in [-0.15, -0.1) is 0 Å². The van der Waals surface area contributed by atoms with E-state index in [0.29, 0.717) is 29.4 Å². The second-order valence-corrected chi connectivity index (χ2v) is 12.0. The fraction of sp³-hybridized carbons (Fsp3) is 0.552. The SMILES string of the molecule is Oc1cc(F)c(C2CC2)c(-c2ncc3c(N4C[C@H]5C[C@@H]4CN5)nc(OCC45CCCN4CCC5)nc3c2F)c1. The van der Waals surface area contributed by atoms with Gasteiger partial charge in [0.1, 0.15) is 35.2 Å². The Bertz CT molecular complexity index is 1470. The van der Waals surface area contributed by atoms with E-state index in [1.165, 1.54) is 6.07 Å². The monoisotopic (exact) mass is 534 g/mol. The highest BCUT2D eigenvalue weighted by atomic mass is 19.1. The Labute approximate surface area is 225 Å². The van der Waals surface area contributed by atoms with Gasteiger partial charge in [-0.1, -0.05) is 0 Å². The maximum Gasteiger partial charge on any atom is 0.319 e. The highest BCUT2D eigenvalue weighted by Crippen LogP contribution is 2.47. The maximum absolute atomic E-state index is 16.4. The number of nitrogens with one attached hydrogen (secondary N) is 1. The zero-order chi connectivity index (χ0) is 26.3. The highest BCUT2D eigenvalue weighted by molar-refractivity contribution is 5.92. The molecule has 2 aromatic heterocycles. The van der Waals surface area contributed by atoms with Crippen LogP contribution in [-0.4, -0.2) is 75.4 Å². The number of hydrogen-bond donors (Lipinski definition) is 2. The van der Waals surface area contributed by atoms with Gasteiger partial charge in [-0.05, 0) is 70.0 Å². The van der Waals surface area contributed by atoms with Crippen LogP contribution in [0.1, 0.15) is 56.4 Å². The minimum Gasteiger partial charge on any atom is -0.508 e. The van der Waals surface area contributed by atoms with Crippen LogP contribution in [0, 0.1) is 11.6 Å². The van der Waals surface area contributed by atoms with Crippen molar-refractivity contribution >= 4 is 16.7 Å². The molecule has 10 heteroatoms. The van der Waals surface area contributed by atoms with Gasteiger partial charge in [0.15, 0.2) is 5.82 Å². The van der Waals surface area contributed by atoms with E-state index < -0.39 is 11.6 Å². The first kappa shape index (κ1) is 23.7. The Kier molecular flexibility index (Phi) is 5.29. The average Bonchev–Trinajstić information content (AvgIpc) is 3.23. The minimum atomic E-state index is -0.642. The number of pyridine rings is 1. The summed E-state index contributed by atoms with van der Waals surface area (Å²) in [5.74, 6) is -0.780. The number of phenols is 1. The van der Waals surface area contributed by atoms with Crippen LogP contribution in [0.3, 0.4) is 0 Å². The van der Waals surface area contributed by atoms with E-state index in [0.717, 1.165) is 77.2 Å². The molecule has 6 heterocycles. The summed E-state index contributed by atoms with van der Waals surface area (Å²) in [6, 6.07) is 3.31. The molecule has 0 amide bonds. The molecule has 5 fully saturated rings. The number of benzene rings is 1. The standard InChI is InChI=1S/C29H32F2N6O2/c30-22-11-19(38)10-20(23(22)16-3-4-16)25-24(31)26-21(13-33-25)27(37-14-17-9-18(37)12-32-17)35-28(34-26)39-15-29-5-1-7-36(29)8-2-6-29/h10-11,13,16-18,32,38H,1-9,12,14-15H2/t17-,18-/m1/s1. The third-order valence-electron chi connectivity index (χ3n) is 9.61. The van der Waals surface area contributed by atoms with Crippen LogP contribution in [0.25, 0.3) is 22.2 Å². The first-order valence-electron chi connectivity index (χ1n) is 14.3. The number of ether oxygens (including phenoxy) is 1. The lowest BCUT2D eigenvalue weighted by Gasteiger charge is -2.32. The molecule has 1 aliphatic carbocycles. The second-order valence-electron chi connectivity index (χ2n) is 12.0. The molecule has 0 unspecified atom stereocenters. The van der Waals surface area contributed by atoms with E-state index in [4.69, 9.17) is 9.72 Å². The van der Waals surface area contributed by atoms with Crippen LogP contribution in [-0.2, 0) is 0 Å². The molecular formula is C29H32F2N6O2. The van der Waals surface area contributed by atoms with E-state index >= 15 is 4.39 Å². The number of halogens is 2. The summed E-state index contributed by atoms with van der Waals surface area (Å²) in [5, 5.41) is 14.2. The molecule has 4 aliphatic heterocycles. The summed E-state index contributed by atoms with van der Waals surface area (Å²) in [6.07, 6.45) is 8.77. The number of hydrogen-bond acceptors (Lipinski definition) is 8. The van der Waals surface area contributed by atoms with Crippen molar-refractivity contribution in [1.82, 2.24) is 25.2 Å². The van der Waals surface area contributed by atoms with Crippen molar-refractivity contribution in [3.05, 3.63) is 35.5 Å². The Morgan fingerprint density at radius 3 is 2.67 bits per heavy atom. The lowest BCUT2D eigenvalue weighted by Crippen LogP contribution is -2.44. The molecule has 2 atom stereocenters. The Hall–Kier alpha value is -3.11. The van der Waals surface area contributed by atoms with Gasteiger partial charge in [-0.2, -0.15) is 9.97 Å². The van der Waals surface area contributed by atoms with Crippen molar-refractivity contribution in [2.24, 2.45) is 0 Å². The van der Waals surface area contributed by atoms with Crippen LogP contribution in [0.5, 0.6) is 11.8 Å². The summed E-state index contributed by atoms with van der Waals surface area (Å²) in [6.45, 7) is 4.29. The van der Waals surface area contributed by atoms with Crippen molar-refractivity contribution < 1.29 is 18.6 Å². The Balaban J connectivity index is 1.25. The van der Waals surface area contributed by atoms with E-state index in [2.05, 4.69) is 25.1 Å². The third kappa shape index (κ3) is 3.78. The molecule has 4 saturated heterocycles. The molecule has 2 bridgehead atoms. The largest absolute Gasteiger partial charge is 0.508 e. The van der Waals surface area contributed by atoms with Crippen molar-refractivity contribution in [3.63, 3.8) is 0 Å². The molecule has 204 valence electrons. The van der Waals surface area contributed by atoms with Crippen LogP contribution in [0.15, 0.2) is 18.3 Å². The van der Waals surface area contributed by atoms with Crippen LogP contribution < -0.4 is 15.0 Å². The number of phenolic OH excluding ortho intramolecular Hbond substituents is 1. The summed E-state index contributed by atoms with van der Waals surface area (Å²) in [7, 11) is 0. The summed E-state index contributed by atoms with van der Waals surface area (Å²) >= 11 is 0. The van der Waals surface area contributed by atoms with Crippen LogP contribution in [0.4, 0.5) is 14.6 Å². The van der Waals surface area contributed by atoms with Gasteiger partial charge < -0.3 is 20.1 Å². The molecule has 0 radical (unpaired) electrons. The van der Waals surface area contributed by atoms with Crippen LogP contribution >= 0.6 is 0 Å². The number of nitrogens with zero attached hydrogens (tertiary/aromatic N) is 5. The molecule has 3 aromatic rings. The molecular weight excluding hydrogens is 502 g/mol. The first-order chi connectivity index (χ1) is 19.0. The predicted octanol–water partition coefficient (Wildman–Crippen LogP) is 4.11. The lowest BCUT2D eigenvalue weighted by molar-refractivity contribution is 0.108. The third-order valence-corrected chi connectivity index (χ3v) is 9.61. The number of aromatic nitrogens is 3. The number of aromatic hydroxyl groups is 1. The van der Waals surface area contributed by atoms with Gasteiger partial charge in [0.05, 0.1) is 10.9 Å².